The van der Waals surface area contributed by atoms with E-state index < -0.39 is 11.8 Å². The Balaban J connectivity index is 1.36. The van der Waals surface area contributed by atoms with Crippen LogP contribution in [0.3, 0.4) is 0 Å². The Morgan fingerprint density at radius 2 is 1.28 bits per heavy atom. The number of nitrogens with zero attached hydrogens (tertiary/aromatic N) is 5. The molecular formula is C29H27N5O2. The molecule has 0 N–H and O–H groups in total. The number of benzene rings is 2. The largest absolute Gasteiger partial charge is 0.309 e. The van der Waals surface area contributed by atoms with Crippen LogP contribution < -0.4 is 4.90 Å². The molecule has 4 saturated carbocycles. The molecule has 0 spiro atoms. The first kappa shape index (κ1) is 21.4. The molecule has 4 fully saturated rings. The van der Waals surface area contributed by atoms with Crippen molar-refractivity contribution in [3.05, 3.63) is 84.4 Å². The molecule has 4 aromatic rings. The van der Waals surface area contributed by atoms with Gasteiger partial charge in [-0.15, -0.1) is 0 Å². The number of fused-ring (bicyclic) bond motifs is 1. The van der Waals surface area contributed by atoms with Crippen LogP contribution in [-0.4, -0.2) is 31.3 Å². The molecule has 0 saturated heterocycles. The van der Waals surface area contributed by atoms with Gasteiger partial charge in [-0.1, -0.05) is 36.4 Å². The number of rotatable bonds is 4. The third kappa shape index (κ3) is 3.29. The number of carbonyl (C=O) groups excluding carboxylic acids is 2. The van der Waals surface area contributed by atoms with Gasteiger partial charge in [0.15, 0.2) is 17.0 Å². The summed E-state index contributed by atoms with van der Waals surface area (Å²) in [7, 11) is 0. The van der Waals surface area contributed by atoms with E-state index in [-0.39, 0.29) is 11.4 Å². The van der Waals surface area contributed by atoms with E-state index in [0.717, 1.165) is 41.9 Å². The molecule has 7 nitrogen and oxygen atoms in total. The van der Waals surface area contributed by atoms with Gasteiger partial charge >= 0.3 is 0 Å². The van der Waals surface area contributed by atoms with E-state index in [0.29, 0.717) is 22.3 Å². The molecule has 0 unspecified atom stereocenters. The van der Waals surface area contributed by atoms with E-state index >= 15 is 0 Å². The number of imidazole rings is 1. The van der Waals surface area contributed by atoms with E-state index in [2.05, 4.69) is 14.5 Å². The molecule has 4 bridgehead atoms. The van der Waals surface area contributed by atoms with Crippen LogP contribution in [0.4, 0.5) is 5.82 Å². The number of aromatic nitrogens is 4. The smallest absolute Gasteiger partial charge is 0.266 e. The van der Waals surface area contributed by atoms with Gasteiger partial charge in [-0.05, 0) is 80.5 Å². The number of carbonyl (C=O) groups is 2. The maximum absolute atomic E-state index is 13.7. The molecule has 2 aromatic carbocycles. The van der Waals surface area contributed by atoms with E-state index in [1.165, 1.54) is 25.6 Å². The first-order valence-electron chi connectivity index (χ1n) is 12.8. The average molecular weight is 478 g/mol. The fourth-order valence-electron chi connectivity index (χ4n) is 7.40. The fraction of sp³-hybridized carbons (Fsp3) is 0.345. The van der Waals surface area contributed by atoms with Crippen LogP contribution >= 0.6 is 0 Å². The molecule has 0 aliphatic heterocycles. The van der Waals surface area contributed by atoms with Crippen molar-refractivity contribution >= 4 is 28.8 Å². The molecule has 0 radical (unpaired) electrons. The summed E-state index contributed by atoms with van der Waals surface area (Å²) in [6.45, 7) is 0. The lowest BCUT2D eigenvalue weighted by atomic mass is 9.53. The third-order valence-electron chi connectivity index (χ3n) is 8.49. The summed E-state index contributed by atoms with van der Waals surface area (Å²) < 4.78 is 2.25. The molecule has 2 heterocycles. The van der Waals surface area contributed by atoms with Crippen LogP contribution in [0.5, 0.6) is 0 Å². The van der Waals surface area contributed by atoms with Gasteiger partial charge in [0.25, 0.3) is 11.8 Å². The van der Waals surface area contributed by atoms with E-state index in [4.69, 9.17) is 4.98 Å². The summed E-state index contributed by atoms with van der Waals surface area (Å²) in [5.41, 5.74) is 2.03. The lowest BCUT2D eigenvalue weighted by Crippen LogP contribution is -2.51. The molecule has 4 aliphatic carbocycles. The highest BCUT2D eigenvalue weighted by molar-refractivity contribution is 6.27. The molecule has 180 valence electrons. The third-order valence-corrected chi connectivity index (χ3v) is 8.49. The highest BCUT2D eigenvalue weighted by atomic mass is 16.2. The normalized spacial score (nSPS) is 26.3. The SMILES string of the molecule is O=C(c1ccccc1)N(C(=O)c1ccccc1)c1ncnc2c1ncn2C12CC3CC(CC(C3)C1)C2. The molecule has 36 heavy (non-hydrogen) atoms. The molecule has 7 heteroatoms. The number of imide groups is 1. The second-order valence-corrected chi connectivity index (χ2v) is 10.8. The lowest BCUT2D eigenvalue weighted by Gasteiger charge is -2.57. The van der Waals surface area contributed by atoms with Crippen LogP contribution in [-0.2, 0) is 5.54 Å². The second kappa shape index (κ2) is 8.08. The van der Waals surface area contributed by atoms with Gasteiger partial charge in [-0.2, -0.15) is 0 Å². The topological polar surface area (TPSA) is 81.0 Å². The van der Waals surface area contributed by atoms with Crippen molar-refractivity contribution in [1.82, 2.24) is 19.5 Å². The monoisotopic (exact) mass is 477 g/mol. The van der Waals surface area contributed by atoms with Gasteiger partial charge in [0.2, 0.25) is 0 Å². The zero-order valence-corrected chi connectivity index (χ0v) is 20.0. The van der Waals surface area contributed by atoms with Crippen LogP contribution in [0.1, 0.15) is 59.2 Å². The highest BCUT2D eigenvalue weighted by Gasteiger charge is 2.52. The maximum Gasteiger partial charge on any atom is 0.266 e. The average Bonchev–Trinajstić information content (AvgIpc) is 3.35. The highest BCUT2D eigenvalue weighted by Crippen LogP contribution is 2.59. The van der Waals surface area contributed by atoms with Gasteiger partial charge in [0.1, 0.15) is 6.33 Å². The zero-order chi connectivity index (χ0) is 24.3. The summed E-state index contributed by atoms with van der Waals surface area (Å²) in [5.74, 6) is 1.66. The second-order valence-electron chi connectivity index (χ2n) is 10.8. The summed E-state index contributed by atoms with van der Waals surface area (Å²) in [5, 5.41) is 0. The van der Waals surface area contributed by atoms with Crippen molar-refractivity contribution in [2.75, 3.05) is 4.90 Å². The number of hydrogen-bond acceptors (Lipinski definition) is 5. The lowest BCUT2D eigenvalue weighted by molar-refractivity contribution is -0.0412. The summed E-state index contributed by atoms with van der Waals surface area (Å²) in [6.07, 6.45) is 10.8. The molecule has 2 aromatic heterocycles. The minimum absolute atomic E-state index is 0.0207. The molecule has 0 atom stereocenters. The van der Waals surface area contributed by atoms with Gasteiger partial charge in [-0.3, -0.25) is 9.59 Å². The van der Waals surface area contributed by atoms with E-state index in [1.54, 1.807) is 48.5 Å². The van der Waals surface area contributed by atoms with Crippen LogP contribution in [0, 0.1) is 17.8 Å². The minimum atomic E-state index is -0.436. The number of anilines is 1. The molecule has 4 aliphatic rings. The van der Waals surface area contributed by atoms with Crippen molar-refractivity contribution in [2.45, 2.75) is 44.1 Å². The maximum atomic E-state index is 13.7. The van der Waals surface area contributed by atoms with Gasteiger partial charge in [0.05, 0.1) is 6.33 Å². The Morgan fingerprint density at radius 3 is 1.81 bits per heavy atom. The van der Waals surface area contributed by atoms with Gasteiger partial charge < -0.3 is 4.57 Å². The van der Waals surface area contributed by atoms with E-state index in [9.17, 15) is 9.59 Å². The van der Waals surface area contributed by atoms with Crippen LogP contribution in [0.15, 0.2) is 73.3 Å². The Kier molecular flexibility index (Phi) is 4.81. The van der Waals surface area contributed by atoms with Crippen molar-refractivity contribution in [2.24, 2.45) is 17.8 Å². The molecular weight excluding hydrogens is 450 g/mol. The standard InChI is InChI=1S/C29H27N5O2/c35-27(22-7-3-1-4-8-22)34(28(36)23-9-5-2-6-10-23)26-24-25(30-17-31-26)33(18-32-24)29-14-19-11-20(15-29)13-21(12-19)16-29/h1-10,17-21H,11-16H2. The van der Waals surface area contributed by atoms with Gasteiger partial charge in [-0.25, -0.2) is 19.9 Å². The first-order chi connectivity index (χ1) is 17.6. The van der Waals surface area contributed by atoms with Crippen LogP contribution in [0.25, 0.3) is 11.2 Å². The molecule has 8 rings (SSSR count). The Hall–Kier alpha value is -3.87. The number of hydrogen-bond donors (Lipinski definition) is 0. The summed E-state index contributed by atoms with van der Waals surface area (Å²) in [4.78, 5) is 42.5. The first-order valence-corrected chi connectivity index (χ1v) is 12.8. The Labute approximate surface area is 209 Å². The summed E-state index contributed by atoms with van der Waals surface area (Å²) in [6, 6.07) is 17.7. The van der Waals surface area contributed by atoms with Crippen molar-refractivity contribution in [3.63, 3.8) is 0 Å². The molecule has 2 amide bonds. The summed E-state index contributed by atoms with van der Waals surface area (Å²) >= 11 is 0. The minimum Gasteiger partial charge on any atom is -0.309 e. The van der Waals surface area contributed by atoms with Crippen molar-refractivity contribution in [3.8, 4) is 0 Å². The predicted octanol–water partition coefficient (Wildman–Crippen LogP) is 5.24. The predicted molar refractivity (Wildman–Crippen MR) is 135 cm³/mol. The number of amides is 2. The van der Waals surface area contributed by atoms with Gasteiger partial charge in [0, 0.05) is 16.7 Å². The Morgan fingerprint density at radius 1 is 0.750 bits per heavy atom. The van der Waals surface area contributed by atoms with Crippen LogP contribution in [0.2, 0.25) is 0 Å². The van der Waals surface area contributed by atoms with E-state index in [1.807, 2.05) is 18.5 Å². The quantitative estimate of drug-likeness (QED) is 0.376. The van der Waals surface area contributed by atoms with Crippen molar-refractivity contribution in [1.29, 1.82) is 0 Å². The Bertz CT molecular complexity index is 1380. The fourth-order valence-corrected chi connectivity index (χ4v) is 7.40. The zero-order valence-electron chi connectivity index (χ0n) is 20.0. The van der Waals surface area contributed by atoms with Crippen molar-refractivity contribution < 1.29 is 9.59 Å².